The molecule has 1 saturated heterocycles. The van der Waals surface area contributed by atoms with Gasteiger partial charge in [0.05, 0.1) is 4.88 Å². The maximum Gasteiger partial charge on any atom is 0.263 e. The molecule has 0 N–H and O–H groups in total. The smallest absolute Gasteiger partial charge is 0.263 e. The van der Waals surface area contributed by atoms with Crippen molar-refractivity contribution in [3.05, 3.63) is 71.1 Å². The van der Waals surface area contributed by atoms with Crippen molar-refractivity contribution in [2.24, 2.45) is 0 Å². The van der Waals surface area contributed by atoms with Crippen LogP contribution in [0.2, 0.25) is 0 Å². The van der Waals surface area contributed by atoms with E-state index in [4.69, 9.17) is 0 Å². The number of hydrogen-bond acceptors (Lipinski definition) is 3. The van der Waals surface area contributed by atoms with E-state index in [1.807, 2.05) is 30.1 Å². The van der Waals surface area contributed by atoms with Crippen molar-refractivity contribution in [3.63, 3.8) is 0 Å². The normalized spacial score (nSPS) is 17.9. The number of thiophene rings is 1. The number of rotatable bonds is 5. The molecule has 0 bridgehead atoms. The first-order valence-corrected chi connectivity index (χ1v) is 10.5. The number of carbonyl (C=O) groups is 1. The molecule has 1 fully saturated rings. The van der Waals surface area contributed by atoms with Crippen LogP contribution >= 0.6 is 11.3 Å². The lowest BCUT2D eigenvalue weighted by Crippen LogP contribution is -2.48. The fraction of sp³-hybridized carbons (Fsp3) is 0.348. The van der Waals surface area contributed by atoms with Gasteiger partial charge in [0.2, 0.25) is 0 Å². The summed E-state index contributed by atoms with van der Waals surface area (Å²) in [5.41, 5.74) is 1.38. The maximum atomic E-state index is 13.0. The number of likely N-dealkylation sites (tertiary alicyclic amines) is 1. The first-order valence-electron chi connectivity index (χ1n) is 9.73. The van der Waals surface area contributed by atoms with E-state index in [0.717, 1.165) is 49.2 Å². The SMILES string of the molecule is CN(C(=O)c1cc2ccccc2s1)C1CCCN(CCc2ccccc2)C1. The van der Waals surface area contributed by atoms with Gasteiger partial charge in [-0.3, -0.25) is 4.79 Å². The van der Waals surface area contributed by atoms with Crippen molar-refractivity contribution in [1.82, 2.24) is 9.80 Å². The predicted octanol–water partition coefficient (Wildman–Crippen LogP) is 4.68. The van der Waals surface area contributed by atoms with E-state index in [9.17, 15) is 4.79 Å². The summed E-state index contributed by atoms with van der Waals surface area (Å²) in [6.45, 7) is 3.17. The molecule has 1 aliphatic rings. The third-order valence-corrected chi connectivity index (χ3v) is 6.65. The van der Waals surface area contributed by atoms with Crippen LogP contribution in [0.4, 0.5) is 0 Å². The van der Waals surface area contributed by atoms with Gasteiger partial charge in [0.1, 0.15) is 0 Å². The Morgan fingerprint density at radius 1 is 1.15 bits per heavy atom. The highest BCUT2D eigenvalue weighted by Gasteiger charge is 2.27. The number of likely N-dealkylation sites (N-methyl/N-ethyl adjacent to an activating group) is 1. The summed E-state index contributed by atoms with van der Waals surface area (Å²) >= 11 is 1.60. The van der Waals surface area contributed by atoms with E-state index in [1.165, 1.54) is 10.3 Å². The minimum Gasteiger partial charge on any atom is -0.337 e. The molecular formula is C23H26N2OS. The highest BCUT2D eigenvalue weighted by Crippen LogP contribution is 2.27. The third-order valence-electron chi connectivity index (χ3n) is 5.54. The zero-order chi connectivity index (χ0) is 18.6. The second-order valence-corrected chi connectivity index (χ2v) is 8.48. The van der Waals surface area contributed by atoms with Crippen LogP contribution in [-0.4, -0.2) is 48.4 Å². The van der Waals surface area contributed by atoms with Gasteiger partial charge in [0, 0.05) is 30.9 Å². The molecule has 2 heterocycles. The van der Waals surface area contributed by atoms with Crippen molar-refractivity contribution in [3.8, 4) is 0 Å². The number of piperidine rings is 1. The van der Waals surface area contributed by atoms with Gasteiger partial charge >= 0.3 is 0 Å². The topological polar surface area (TPSA) is 23.6 Å². The van der Waals surface area contributed by atoms with Crippen molar-refractivity contribution < 1.29 is 4.79 Å². The second-order valence-electron chi connectivity index (χ2n) is 7.40. The molecule has 0 saturated carbocycles. The van der Waals surface area contributed by atoms with Crippen LogP contribution in [-0.2, 0) is 6.42 Å². The Hall–Kier alpha value is -2.17. The monoisotopic (exact) mass is 378 g/mol. The van der Waals surface area contributed by atoms with Gasteiger partial charge in [-0.2, -0.15) is 0 Å². The molecule has 1 aromatic heterocycles. The van der Waals surface area contributed by atoms with Crippen LogP contribution in [0.3, 0.4) is 0 Å². The van der Waals surface area contributed by atoms with E-state index in [-0.39, 0.29) is 5.91 Å². The first-order chi connectivity index (χ1) is 13.2. The molecule has 27 heavy (non-hydrogen) atoms. The molecule has 0 radical (unpaired) electrons. The largest absolute Gasteiger partial charge is 0.337 e. The Morgan fingerprint density at radius 2 is 1.93 bits per heavy atom. The highest BCUT2D eigenvalue weighted by molar-refractivity contribution is 7.20. The third kappa shape index (κ3) is 4.23. The summed E-state index contributed by atoms with van der Waals surface area (Å²) in [6, 6.07) is 21.2. The molecule has 3 nitrogen and oxygen atoms in total. The van der Waals surface area contributed by atoms with Gasteiger partial charge in [0.15, 0.2) is 0 Å². The summed E-state index contributed by atoms with van der Waals surface area (Å²) in [5, 5.41) is 1.16. The molecule has 0 aliphatic carbocycles. The molecule has 1 aliphatic heterocycles. The predicted molar refractivity (Wildman–Crippen MR) is 114 cm³/mol. The summed E-state index contributed by atoms with van der Waals surface area (Å²) in [5.74, 6) is 0.158. The lowest BCUT2D eigenvalue weighted by molar-refractivity contribution is 0.0624. The molecule has 4 rings (SSSR count). The molecule has 1 atom stereocenters. The minimum atomic E-state index is 0.158. The first kappa shape index (κ1) is 18.2. The minimum absolute atomic E-state index is 0.158. The van der Waals surface area contributed by atoms with Crippen molar-refractivity contribution in [1.29, 1.82) is 0 Å². The second kappa shape index (κ2) is 8.24. The van der Waals surface area contributed by atoms with Gasteiger partial charge in [-0.05, 0) is 48.9 Å². The Morgan fingerprint density at radius 3 is 2.74 bits per heavy atom. The van der Waals surface area contributed by atoms with Crippen LogP contribution in [0.5, 0.6) is 0 Å². The summed E-state index contributed by atoms with van der Waals surface area (Å²) in [6.07, 6.45) is 3.32. The summed E-state index contributed by atoms with van der Waals surface area (Å²) in [7, 11) is 1.97. The fourth-order valence-electron chi connectivity index (χ4n) is 3.91. The zero-order valence-electron chi connectivity index (χ0n) is 15.8. The number of nitrogens with zero attached hydrogens (tertiary/aromatic N) is 2. The summed E-state index contributed by atoms with van der Waals surface area (Å²) in [4.78, 5) is 18.3. The van der Waals surface area contributed by atoms with Gasteiger partial charge in [0.25, 0.3) is 5.91 Å². The van der Waals surface area contributed by atoms with Gasteiger partial charge < -0.3 is 9.80 Å². The van der Waals surface area contributed by atoms with E-state index in [2.05, 4.69) is 47.4 Å². The summed E-state index contributed by atoms with van der Waals surface area (Å²) < 4.78 is 1.18. The van der Waals surface area contributed by atoms with E-state index < -0.39 is 0 Å². The van der Waals surface area contributed by atoms with Crippen molar-refractivity contribution >= 4 is 27.3 Å². The van der Waals surface area contributed by atoms with Crippen LogP contribution in [0.25, 0.3) is 10.1 Å². The van der Waals surface area contributed by atoms with Crippen LogP contribution in [0.15, 0.2) is 60.7 Å². The molecule has 1 unspecified atom stereocenters. The van der Waals surface area contributed by atoms with E-state index in [0.29, 0.717) is 6.04 Å². The van der Waals surface area contributed by atoms with Crippen molar-refractivity contribution in [2.45, 2.75) is 25.3 Å². The molecular weight excluding hydrogens is 352 g/mol. The van der Waals surface area contributed by atoms with E-state index in [1.54, 1.807) is 11.3 Å². The average Bonchev–Trinajstić information content (AvgIpc) is 3.16. The van der Waals surface area contributed by atoms with Crippen LogP contribution < -0.4 is 0 Å². The zero-order valence-corrected chi connectivity index (χ0v) is 16.6. The van der Waals surface area contributed by atoms with Gasteiger partial charge in [-0.15, -0.1) is 11.3 Å². The molecule has 0 spiro atoms. The number of carbonyl (C=O) groups excluding carboxylic acids is 1. The molecule has 3 aromatic rings. The quantitative estimate of drug-likeness (QED) is 0.643. The lowest BCUT2D eigenvalue weighted by atomic mass is 10.0. The highest BCUT2D eigenvalue weighted by atomic mass is 32.1. The average molecular weight is 379 g/mol. The molecule has 140 valence electrons. The van der Waals surface area contributed by atoms with Crippen LogP contribution in [0.1, 0.15) is 28.1 Å². The standard InChI is InChI=1S/C23H26N2OS/c1-24(23(26)22-16-19-10-5-6-12-21(19)27-22)20-11-7-14-25(17-20)15-13-18-8-3-2-4-9-18/h2-6,8-10,12,16,20H,7,11,13-15,17H2,1H3. The number of benzene rings is 2. The van der Waals surface area contributed by atoms with Crippen molar-refractivity contribution in [2.75, 3.05) is 26.7 Å². The Bertz CT molecular complexity index is 872. The fourth-order valence-corrected chi connectivity index (χ4v) is 4.95. The van der Waals surface area contributed by atoms with Gasteiger partial charge in [-0.25, -0.2) is 0 Å². The Kier molecular flexibility index (Phi) is 5.55. The molecule has 2 aromatic carbocycles. The van der Waals surface area contributed by atoms with Gasteiger partial charge in [-0.1, -0.05) is 48.5 Å². The molecule has 4 heteroatoms. The number of fused-ring (bicyclic) bond motifs is 1. The van der Waals surface area contributed by atoms with Crippen LogP contribution in [0, 0.1) is 0 Å². The Labute approximate surface area is 165 Å². The maximum absolute atomic E-state index is 13.0. The molecule has 1 amide bonds. The number of amides is 1. The van der Waals surface area contributed by atoms with E-state index >= 15 is 0 Å². The number of hydrogen-bond donors (Lipinski definition) is 0. The lowest BCUT2D eigenvalue weighted by Gasteiger charge is -2.37. The Balaban J connectivity index is 1.38.